The molecule has 0 spiro atoms. The Morgan fingerprint density at radius 3 is 2.73 bits per heavy atom. The molecule has 0 aliphatic heterocycles. The molecule has 3 nitrogen and oxygen atoms in total. The highest BCUT2D eigenvalue weighted by Gasteiger charge is 2.01. The van der Waals surface area contributed by atoms with Crippen molar-refractivity contribution in [2.45, 2.75) is 19.8 Å². The number of methoxy groups -OCH3 is 1. The van der Waals surface area contributed by atoms with Crippen LogP contribution < -0.4 is 4.74 Å². The van der Waals surface area contributed by atoms with E-state index in [1.807, 2.05) is 24.3 Å². The van der Waals surface area contributed by atoms with E-state index >= 15 is 0 Å². The fourth-order valence-electron chi connectivity index (χ4n) is 1.39. The summed E-state index contributed by atoms with van der Waals surface area (Å²) in [6.07, 6.45) is 1.68. The van der Waals surface area contributed by atoms with E-state index in [2.05, 4.69) is 0 Å². The van der Waals surface area contributed by atoms with Gasteiger partial charge in [0.25, 0.3) is 0 Å². The zero-order chi connectivity index (χ0) is 11.1. The summed E-state index contributed by atoms with van der Waals surface area (Å²) in [4.78, 5) is 10.5. The number of esters is 1. The van der Waals surface area contributed by atoms with Gasteiger partial charge in [0.05, 0.1) is 13.7 Å². The first-order valence-electron chi connectivity index (χ1n) is 4.99. The smallest absolute Gasteiger partial charge is 0.302 e. The van der Waals surface area contributed by atoms with E-state index in [0.29, 0.717) is 6.61 Å². The van der Waals surface area contributed by atoms with Gasteiger partial charge < -0.3 is 9.47 Å². The van der Waals surface area contributed by atoms with Crippen molar-refractivity contribution >= 4 is 5.97 Å². The van der Waals surface area contributed by atoms with E-state index in [9.17, 15) is 4.79 Å². The predicted octanol–water partition coefficient (Wildman–Crippen LogP) is 2.19. The summed E-state index contributed by atoms with van der Waals surface area (Å²) in [6.45, 7) is 1.89. The molecule has 0 aliphatic rings. The fraction of sp³-hybridized carbons (Fsp3) is 0.417. The number of benzene rings is 1. The van der Waals surface area contributed by atoms with Crippen molar-refractivity contribution in [3.63, 3.8) is 0 Å². The van der Waals surface area contributed by atoms with Crippen LogP contribution in [0.2, 0.25) is 0 Å². The van der Waals surface area contributed by atoms with Crippen molar-refractivity contribution in [1.29, 1.82) is 0 Å². The quantitative estimate of drug-likeness (QED) is 0.549. The maximum absolute atomic E-state index is 10.5. The van der Waals surface area contributed by atoms with Crippen LogP contribution in [0.25, 0.3) is 0 Å². The molecule has 1 aromatic rings. The summed E-state index contributed by atoms with van der Waals surface area (Å²) in [5, 5.41) is 0. The zero-order valence-corrected chi connectivity index (χ0v) is 9.16. The Bertz CT molecular complexity index is 320. The molecular weight excluding hydrogens is 192 g/mol. The molecule has 0 heterocycles. The van der Waals surface area contributed by atoms with Gasteiger partial charge in [-0.3, -0.25) is 4.79 Å². The van der Waals surface area contributed by atoms with Crippen molar-refractivity contribution in [3.8, 4) is 5.75 Å². The molecule has 0 atom stereocenters. The molecule has 0 aliphatic carbocycles. The Balaban J connectivity index is 2.39. The minimum atomic E-state index is -0.227. The number of para-hydroxylation sites is 1. The summed E-state index contributed by atoms with van der Waals surface area (Å²) in [7, 11) is 1.66. The van der Waals surface area contributed by atoms with Crippen molar-refractivity contribution in [2.75, 3.05) is 13.7 Å². The van der Waals surface area contributed by atoms with E-state index < -0.39 is 0 Å². The first-order chi connectivity index (χ1) is 7.24. The zero-order valence-electron chi connectivity index (χ0n) is 9.16. The summed E-state index contributed by atoms with van der Waals surface area (Å²) in [5.41, 5.74) is 1.15. The molecule has 0 N–H and O–H groups in total. The van der Waals surface area contributed by atoms with E-state index in [4.69, 9.17) is 9.47 Å². The van der Waals surface area contributed by atoms with Crippen molar-refractivity contribution in [3.05, 3.63) is 29.8 Å². The van der Waals surface area contributed by atoms with E-state index in [0.717, 1.165) is 24.2 Å². The third kappa shape index (κ3) is 4.02. The molecule has 0 amide bonds. The van der Waals surface area contributed by atoms with Crippen molar-refractivity contribution < 1.29 is 14.3 Å². The SMILES string of the molecule is COc1ccccc1CCCOC(C)=O. The first-order valence-corrected chi connectivity index (χ1v) is 4.99. The normalized spacial score (nSPS) is 9.73. The second kappa shape index (κ2) is 6.06. The molecule has 0 saturated heterocycles. The molecule has 1 aromatic carbocycles. The van der Waals surface area contributed by atoms with Gasteiger partial charge in [0.1, 0.15) is 5.75 Å². The monoisotopic (exact) mass is 208 g/mol. The van der Waals surface area contributed by atoms with E-state index in [-0.39, 0.29) is 5.97 Å². The fourth-order valence-corrected chi connectivity index (χ4v) is 1.39. The number of carbonyl (C=O) groups is 1. The molecular formula is C12H16O3. The minimum absolute atomic E-state index is 0.227. The van der Waals surface area contributed by atoms with Gasteiger partial charge in [0.2, 0.25) is 0 Å². The van der Waals surface area contributed by atoms with Crippen LogP contribution in [0.3, 0.4) is 0 Å². The van der Waals surface area contributed by atoms with Crippen LogP contribution in [0.4, 0.5) is 0 Å². The largest absolute Gasteiger partial charge is 0.496 e. The van der Waals surface area contributed by atoms with Gasteiger partial charge in [0, 0.05) is 6.92 Å². The van der Waals surface area contributed by atoms with E-state index in [1.54, 1.807) is 7.11 Å². The lowest BCUT2D eigenvalue weighted by molar-refractivity contribution is -0.141. The number of ether oxygens (including phenoxy) is 2. The molecule has 0 bridgehead atoms. The Kier molecular flexibility index (Phi) is 4.68. The Morgan fingerprint density at radius 2 is 2.07 bits per heavy atom. The first kappa shape index (κ1) is 11.6. The number of aryl methyl sites for hydroxylation is 1. The molecule has 0 radical (unpaired) electrons. The predicted molar refractivity (Wildman–Crippen MR) is 57.9 cm³/mol. The number of carbonyl (C=O) groups excluding carboxylic acids is 1. The van der Waals surface area contributed by atoms with Crippen molar-refractivity contribution in [2.24, 2.45) is 0 Å². The van der Waals surface area contributed by atoms with Crippen LogP contribution >= 0.6 is 0 Å². The highest BCUT2D eigenvalue weighted by Crippen LogP contribution is 2.18. The molecule has 0 saturated carbocycles. The van der Waals surface area contributed by atoms with Crippen LogP contribution in [-0.2, 0) is 16.0 Å². The standard InChI is InChI=1S/C12H16O3/c1-10(13)15-9-5-7-11-6-3-4-8-12(11)14-2/h3-4,6,8H,5,7,9H2,1-2H3. The lowest BCUT2D eigenvalue weighted by Crippen LogP contribution is -2.02. The van der Waals surface area contributed by atoms with Gasteiger partial charge in [0.15, 0.2) is 0 Å². The molecule has 0 fully saturated rings. The molecule has 15 heavy (non-hydrogen) atoms. The molecule has 3 heteroatoms. The van der Waals surface area contributed by atoms with Crippen LogP contribution in [0.5, 0.6) is 5.75 Å². The highest BCUT2D eigenvalue weighted by molar-refractivity contribution is 5.65. The third-order valence-electron chi connectivity index (χ3n) is 2.09. The number of hydrogen-bond acceptors (Lipinski definition) is 3. The summed E-state index contributed by atoms with van der Waals surface area (Å²) >= 11 is 0. The van der Waals surface area contributed by atoms with Gasteiger partial charge in [-0.25, -0.2) is 0 Å². The lowest BCUT2D eigenvalue weighted by atomic mass is 10.1. The second-order valence-corrected chi connectivity index (χ2v) is 3.26. The van der Waals surface area contributed by atoms with Gasteiger partial charge in [-0.2, -0.15) is 0 Å². The molecule has 1 rings (SSSR count). The average Bonchev–Trinajstić information content (AvgIpc) is 2.24. The Morgan fingerprint density at radius 1 is 1.33 bits per heavy atom. The summed E-state index contributed by atoms with van der Waals surface area (Å²) in [6, 6.07) is 7.87. The van der Waals surface area contributed by atoms with Gasteiger partial charge in [-0.05, 0) is 24.5 Å². The summed E-state index contributed by atoms with van der Waals surface area (Å²) in [5.74, 6) is 0.662. The van der Waals surface area contributed by atoms with Crippen LogP contribution in [0.1, 0.15) is 18.9 Å². The van der Waals surface area contributed by atoms with E-state index in [1.165, 1.54) is 6.92 Å². The van der Waals surface area contributed by atoms with Crippen LogP contribution in [0.15, 0.2) is 24.3 Å². The van der Waals surface area contributed by atoms with Gasteiger partial charge >= 0.3 is 5.97 Å². The number of hydrogen-bond donors (Lipinski definition) is 0. The Hall–Kier alpha value is -1.51. The lowest BCUT2D eigenvalue weighted by Gasteiger charge is -2.07. The third-order valence-corrected chi connectivity index (χ3v) is 2.09. The second-order valence-electron chi connectivity index (χ2n) is 3.26. The Labute approximate surface area is 90.0 Å². The van der Waals surface area contributed by atoms with Gasteiger partial charge in [-0.1, -0.05) is 18.2 Å². The average molecular weight is 208 g/mol. The number of rotatable bonds is 5. The maximum atomic E-state index is 10.5. The highest BCUT2D eigenvalue weighted by atomic mass is 16.5. The van der Waals surface area contributed by atoms with Crippen LogP contribution in [-0.4, -0.2) is 19.7 Å². The summed E-state index contributed by atoms with van der Waals surface area (Å²) < 4.78 is 10.1. The molecule has 0 unspecified atom stereocenters. The van der Waals surface area contributed by atoms with Crippen LogP contribution in [0, 0.1) is 0 Å². The minimum Gasteiger partial charge on any atom is -0.496 e. The molecule has 0 aromatic heterocycles. The topological polar surface area (TPSA) is 35.5 Å². The van der Waals surface area contributed by atoms with Crippen molar-refractivity contribution in [1.82, 2.24) is 0 Å². The molecule has 82 valence electrons. The maximum Gasteiger partial charge on any atom is 0.302 e. The van der Waals surface area contributed by atoms with Gasteiger partial charge in [-0.15, -0.1) is 0 Å².